The Bertz CT molecular complexity index is 695. The number of nitrogens with one attached hydrogen (secondary N) is 1. The second-order valence-corrected chi connectivity index (χ2v) is 7.13. The standard InChI is InChI=1S/C19H26N4O3/c1-13-7-5-12-23-16(13)21-18(25)15(19(23)26)17(24)20-9-6-11-22-10-4-3-8-14(22)2/h5,7,12,14-15H,3-4,6,8-11H2,1-2H3,(H,20,24). The van der Waals surface area contributed by atoms with Crippen LogP contribution in [0.25, 0.3) is 0 Å². The number of hydrogen-bond donors (Lipinski definition) is 1. The summed E-state index contributed by atoms with van der Waals surface area (Å²) in [5.41, 5.74) is 0.726. The maximum absolute atomic E-state index is 12.6. The van der Waals surface area contributed by atoms with Crippen LogP contribution in [0.3, 0.4) is 0 Å². The summed E-state index contributed by atoms with van der Waals surface area (Å²) >= 11 is 0. The van der Waals surface area contributed by atoms with Crippen molar-refractivity contribution in [2.75, 3.05) is 19.6 Å². The van der Waals surface area contributed by atoms with E-state index in [1.807, 2.05) is 0 Å². The zero-order valence-corrected chi connectivity index (χ0v) is 15.4. The van der Waals surface area contributed by atoms with E-state index in [1.165, 1.54) is 24.2 Å². The van der Waals surface area contributed by atoms with Crippen molar-refractivity contribution in [1.82, 2.24) is 15.1 Å². The zero-order valence-electron chi connectivity index (χ0n) is 15.4. The van der Waals surface area contributed by atoms with Crippen molar-refractivity contribution >= 4 is 23.6 Å². The number of carbonyl (C=O) groups excluding carboxylic acids is 3. The molecule has 3 rings (SSSR count). The molecule has 1 saturated heterocycles. The number of allylic oxidation sites excluding steroid dienone is 2. The SMILES string of the molecule is CC1=CC=CN2C(=O)C(C(=O)NCCCN3CCCCC3C)C(=O)N=C12. The second-order valence-electron chi connectivity index (χ2n) is 7.13. The maximum atomic E-state index is 12.6. The molecule has 3 aliphatic heterocycles. The molecule has 0 aromatic heterocycles. The predicted octanol–water partition coefficient (Wildman–Crippen LogP) is 1.22. The molecule has 0 bridgehead atoms. The summed E-state index contributed by atoms with van der Waals surface area (Å²) in [6, 6.07) is 0.580. The van der Waals surface area contributed by atoms with E-state index in [0.29, 0.717) is 18.4 Å². The number of amidine groups is 1. The fraction of sp³-hybridized carbons (Fsp3) is 0.579. The van der Waals surface area contributed by atoms with Gasteiger partial charge in [0.2, 0.25) is 5.91 Å². The summed E-state index contributed by atoms with van der Waals surface area (Å²) < 4.78 is 0. The van der Waals surface area contributed by atoms with Gasteiger partial charge in [-0.15, -0.1) is 0 Å². The van der Waals surface area contributed by atoms with Gasteiger partial charge >= 0.3 is 0 Å². The van der Waals surface area contributed by atoms with Gasteiger partial charge in [0, 0.05) is 25.3 Å². The Morgan fingerprint density at radius 1 is 1.35 bits per heavy atom. The first kappa shape index (κ1) is 18.5. The van der Waals surface area contributed by atoms with E-state index in [2.05, 4.69) is 22.1 Å². The van der Waals surface area contributed by atoms with Crippen molar-refractivity contribution < 1.29 is 14.4 Å². The van der Waals surface area contributed by atoms with Crippen LogP contribution >= 0.6 is 0 Å². The molecule has 3 aliphatic rings. The summed E-state index contributed by atoms with van der Waals surface area (Å²) in [6.45, 7) is 6.47. The number of aliphatic imine (C=N–C) groups is 1. The molecule has 0 aromatic carbocycles. The highest BCUT2D eigenvalue weighted by Crippen LogP contribution is 2.21. The number of nitrogens with zero attached hydrogens (tertiary/aromatic N) is 3. The van der Waals surface area contributed by atoms with Gasteiger partial charge in [-0.1, -0.05) is 12.5 Å². The second kappa shape index (κ2) is 7.95. The molecular weight excluding hydrogens is 332 g/mol. The van der Waals surface area contributed by atoms with Crippen molar-refractivity contribution in [3.8, 4) is 0 Å². The highest BCUT2D eigenvalue weighted by molar-refractivity contribution is 6.28. The van der Waals surface area contributed by atoms with Gasteiger partial charge in [-0.3, -0.25) is 19.3 Å². The van der Waals surface area contributed by atoms with E-state index in [4.69, 9.17) is 0 Å². The number of amides is 3. The van der Waals surface area contributed by atoms with E-state index in [0.717, 1.165) is 25.1 Å². The maximum Gasteiger partial charge on any atom is 0.269 e. The minimum atomic E-state index is -1.39. The monoisotopic (exact) mass is 358 g/mol. The van der Waals surface area contributed by atoms with Gasteiger partial charge in [0.15, 0.2) is 5.92 Å². The molecule has 140 valence electrons. The molecule has 1 fully saturated rings. The van der Waals surface area contributed by atoms with Crippen molar-refractivity contribution in [3.63, 3.8) is 0 Å². The summed E-state index contributed by atoms with van der Waals surface area (Å²) in [7, 11) is 0. The van der Waals surface area contributed by atoms with Crippen LogP contribution in [0.15, 0.2) is 28.9 Å². The molecule has 7 nitrogen and oxygen atoms in total. The van der Waals surface area contributed by atoms with Crippen molar-refractivity contribution in [2.24, 2.45) is 10.9 Å². The van der Waals surface area contributed by atoms with E-state index < -0.39 is 23.6 Å². The first-order chi connectivity index (χ1) is 12.5. The molecular formula is C19H26N4O3. The minimum absolute atomic E-state index is 0.311. The summed E-state index contributed by atoms with van der Waals surface area (Å²) in [5.74, 6) is -2.86. The predicted molar refractivity (Wildman–Crippen MR) is 98.2 cm³/mol. The quantitative estimate of drug-likeness (QED) is 0.592. The van der Waals surface area contributed by atoms with Gasteiger partial charge < -0.3 is 10.2 Å². The fourth-order valence-corrected chi connectivity index (χ4v) is 3.65. The number of carbonyl (C=O) groups is 3. The molecule has 3 heterocycles. The Balaban J connectivity index is 1.53. The largest absolute Gasteiger partial charge is 0.355 e. The lowest BCUT2D eigenvalue weighted by Gasteiger charge is -2.33. The van der Waals surface area contributed by atoms with Crippen molar-refractivity contribution in [2.45, 2.75) is 45.6 Å². The number of hydrogen-bond acceptors (Lipinski definition) is 4. The van der Waals surface area contributed by atoms with Gasteiger partial charge in [-0.2, -0.15) is 4.99 Å². The molecule has 2 unspecified atom stereocenters. The summed E-state index contributed by atoms with van der Waals surface area (Å²) in [5, 5.41) is 2.73. The normalized spacial score (nSPS) is 26.3. The zero-order chi connectivity index (χ0) is 18.7. The highest BCUT2D eigenvalue weighted by atomic mass is 16.2. The van der Waals surface area contributed by atoms with Crippen LogP contribution in [-0.2, 0) is 14.4 Å². The van der Waals surface area contributed by atoms with Gasteiger partial charge in [-0.25, -0.2) is 0 Å². The molecule has 3 amide bonds. The Labute approximate surface area is 153 Å². The van der Waals surface area contributed by atoms with Crippen LogP contribution in [-0.4, -0.2) is 59.0 Å². The first-order valence-electron chi connectivity index (χ1n) is 9.32. The summed E-state index contributed by atoms with van der Waals surface area (Å²) in [6.07, 6.45) is 9.54. The molecule has 0 aliphatic carbocycles. The number of fused-ring (bicyclic) bond motifs is 1. The molecule has 0 radical (unpaired) electrons. The number of piperidine rings is 1. The minimum Gasteiger partial charge on any atom is -0.355 e. The number of likely N-dealkylation sites (tertiary alicyclic amines) is 1. The van der Waals surface area contributed by atoms with Gasteiger partial charge in [0.1, 0.15) is 5.84 Å². The van der Waals surface area contributed by atoms with Crippen molar-refractivity contribution in [3.05, 3.63) is 23.9 Å². The van der Waals surface area contributed by atoms with Crippen LogP contribution in [0.4, 0.5) is 0 Å². The Kier molecular flexibility index (Phi) is 5.66. The molecule has 7 heteroatoms. The molecule has 0 spiro atoms. The third-order valence-electron chi connectivity index (χ3n) is 5.23. The average molecular weight is 358 g/mol. The van der Waals surface area contributed by atoms with Crippen LogP contribution in [0.2, 0.25) is 0 Å². The first-order valence-corrected chi connectivity index (χ1v) is 9.32. The average Bonchev–Trinajstić information content (AvgIpc) is 2.61. The van der Waals surface area contributed by atoms with Gasteiger partial charge in [0.25, 0.3) is 11.8 Å². The molecule has 0 saturated carbocycles. The molecule has 1 N–H and O–H groups in total. The Morgan fingerprint density at radius 3 is 2.92 bits per heavy atom. The summed E-state index contributed by atoms with van der Waals surface area (Å²) in [4.78, 5) is 44.8. The Morgan fingerprint density at radius 2 is 2.15 bits per heavy atom. The molecule has 0 aromatic rings. The van der Waals surface area contributed by atoms with Crippen LogP contribution < -0.4 is 5.32 Å². The van der Waals surface area contributed by atoms with Crippen LogP contribution in [0, 0.1) is 5.92 Å². The fourth-order valence-electron chi connectivity index (χ4n) is 3.65. The smallest absolute Gasteiger partial charge is 0.269 e. The molecule has 26 heavy (non-hydrogen) atoms. The Hall–Kier alpha value is -2.28. The van der Waals surface area contributed by atoms with E-state index in [-0.39, 0.29) is 0 Å². The highest BCUT2D eigenvalue weighted by Gasteiger charge is 2.42. The lowest BCUT2D eigenvalue weighted by atomic mass is 10.0. The lowest BCUT2D eigenvalue weighted by molar-refractivity contribution is -0.144. The van der Waals surface area contributed by atoms with Gasteiger partial charge in [-0.05, 0) is 51.3 Å². The number of rotatable bonds is 5. The van der Waals surface area contributed by atoms with E-state index in [1.54, 1.807) is 25.3 Å². The molecule has 2 atom stereocenters. The van der Waals surface area contributed by atoms with E-state index >= 15 is 0 Å². The van der Waals surface area contributed by atoms with Crippen LogP contribution in [0.5, 0.6) is 0 Å². The third-order valence-corrected chi connectivity index (χ3v) is 5.23. The lowest BCUT2D eigenvalue weighted by Crippen LogP contribution is -2.51. The topological polar surface area (TPSA) is 82.1 Å². The van der Waals surface area contributed by atoms with E-state index in [9.17, 15) is 14.4 Å². The third kappa shape index (κ3) is 3.77. The van der Waals surface area contributed by atoms with Crippen LogP contribution in [0.1, 0.15) is 39.5 Å². The van der Waals surface area contributed by atoms with Crippen molar-refractivity contribution in [1.29, 1.82) is 0 Å². The van der Waals surface area contributed by atoms with Gasteiger partial charge in [0.05, 0.1) is 0 Å².